The van der Waals surface area contributed by atoms with E-state index in [2.05, 4.69) is 74.6 Å². The molecule has 0 spiro atoms. The highest BCUT2D eigenvalue weighted by Gasteiger charge is 2.44. The molecule has 1 aliphatic heterocycles. The van der Waals surface area contributed by atoms with E-state index in [1.165, 1.54) is 173 Å². The Morgan fingerprint density at radius 2 is 0.859 bits per heavy atom. The molecule has 71 heavy (non-hydrogen) atoms. The van der Waals surface area contributed by atoms with Crippen molar-refractivity contribution in [3.05, 3.63) is 60.8 Å². The Bertz CT molecular complexity index is 1280. The molecule has 1 fully saturated rings. The van der Waals surface area contributed by atoms with Gasteiger partial charge in [0, 0.05) is 13.0 Å². The standard InChI is InChI=1S/C62H112O9/c1-3-5-7-9-11-13-15-17-19-21-23-25-27-28-29-31-33-35-37-39-41-43-45-47-49-51-58(64)70-56(55-69-62-61(67)60(66)59(65)57(53-63)71-62)54-68-52-50-48-46-44-42-40-38-36-34-32-30-26-24-22-20-18-16-14-12-10-8-6-4-2/h5,7,11,13,17,19,23,25,28-29,56-57,59-63,65-67H,3-4,6,8-10,12,14-16,18,20-22,24,26-27,30-55H2,1-2H3/b7-5-,13-11-,19-17-,25-23-,29-28-. The van der Waals surface area contributed by atoms with Crippen LogP contribution in [0.4, 0.5) is 0 Å². The molecule has 1 heterocycles. The number of aliphatic hydroxyl groups excluding tert-OH is 4. The Kier molecular flexibility index (Phi) is 49.7. The van der Waals surface area contributed by atoms with Crippen LogP contribution in [0.15, 0.2) is 60.8 Å². The molecule has 1 aliphatic rings. The first-order valence-electron chi connectivity index (χ1n) is 29.9. The van der Waals surface area contributed by atoms with Crippen LogP contribution in [0.3, 0.4) is 0 Å². The smallest absolute Gasteiger partial charge is 0.306 e. The molecule has 0 saturated carbocycles. The van der Waals surface area contributed by atoms with Gasteiger partial charge in [0.1, 0.15) is 30.5 Å². The normalized spacial score (nSPS) is 19.2. The number of rotatable bonds is 52. The second kappa shape index (κ2) is 52.7. The second-order valence-electron chi connectivity index (χ2n) is 20.4. The lowest BCUT2D eigenvalue weighted by Crippen LogP contribution is -2.59. The van der Waals surface area contributed by atoms with E-state index in [9.17, 15) is 25.2 Å². The number of carbonyl (C=O) groups is 1. The first kappa shape index (κ1) is 66.9. The molecular weight excluding hydrogens is 889 g/mol. The van der Waals surface area contributed by atoms with Gasteiger partial charge in [-0.2, -0.15) is 0 Å². The van der Waals surface area contributed by atoms with Crippen LogP contribution in [-0.2, 0) is 23.7 Å². The molecular formula is C62H112O9. The van der Waals surface area contributed by atoms with Crippen molar-refractivity contribution < 1.29 is 44.2 Å². The van der Waals surface area contributed by atoms with Crippen LogP contribution in [0.25, 0.3) is 0 Å². The number of hydrogen-bond donors (Lipinski definition) is 4. The molecule has 0 aromatic carbocycles. The van der Waals surface area contributed by atoms with Gasteiger partial charge in [0.15, 0.2) is 6.29 Å². The topological polar surface area (TPSA) is 135 Å². The molecule has 0 bridgehead atoms. The predicted molar refractivity (Wildman–Crippen MR) is 298 cm³/mol. The van der Waals surface area contributed by atoms with Gasteiger partial charge >= 0.3 is 5.97 Å². The first-order chi connectivity index (χ1) is 34.9. The third-order valence-corrected chi connectivity index (χ3v) is 13.7. The van der Waals surface area contributed by atoms with Gasteiger partial charge in [-0.05, 0) is 57.8 Å². The van der Waals surface area contributed by atoms with Gasteiger partial charge in [-0.15, -0.1) is 0 Å². The minimum absolute atomic E-state index is 0.115. The quantitative estimate of drug-likeness (QED) is 0.0267. The highest BCUT2D eigenvalue weighted by Crippen LogP contribution is 2.23. The SMILES string of the molecule is CC/C=C\C/C=C\C/C=C\C/C=C\C/C=C\CCCCCCCCCCCC(=O)OC(COCCCCCCCCCCCCCCCCCCCCCCCCC)COC1OC(CO)C(O)C(O)C1O. The second-order valence-corrected chi connectivity index (χ2v) is 20.4. The van der Waals surface area contributed by atoms with Crippen molar-refractivity contribution in [3.63, 3.8) is 0 Å². The van der Waals surface area contributed by atoms with Crippen molar-refractivity contribution in [2.45, 2.75) is 301 Å². The average Bonchev–Trinajstić information content (AvgIpc) is 3.37. The number of aliphatic hydroxyl groups is 4. The molecule has 1 rings (SSSR count). The molecule has 9 nitrogen and oxygen atoms in total. The van der Waals surface area contributed by atoms with Crippen molar-refractivity contribution in [1.82, 2.24) is 0 Å². The lowest BCUT2D eigenvalue weighted by atomic mass is 9.99. The summed E-state index contributed by atoms with van der Waals surface area (Å²) in [6, 6.07) is 0. The van der Waals surface area contributed by atoms with E-state index in [4.69, 9.17) is 18.9 Å². The van der Waals surface area contributed by atoms with Crippen LogP contribution in [0, 0.1) is 0 Å². The maximum absolute atomic E-state index is 12.9. The number of ether oxygens (including phenoxy) is 4. The maximum Gasteiger partial charge on any atom is 0.306 e. The Labute approximate surface area is 436 Å². The molecule has 4 N–H and O–H groups in total. The van der Waals surface area contributed by atoms with Crippen molar-refractivity contribution in [2.24, 2.45) is 0 Å². The Morgan fingerprint density at radius 1 is 0.465 bits per heavy atom. The molecule has 9 heteroatoms. The summed E-state index contributed by atoms with van der Waals surface area (Å²) in [5.41, 5.74) is 0. The zero-order chi connectivity index (χ0) is 51.3. The molecule has 6 unspecified atom stereocenters. The lowest BCUT2D eigenvalue weighted by molar-refractivity contribution is -0.305. The summed E-state index contributed by atoms with van der Waals surface area (Å²) >= 11 is 0. The zero-order valence-electron chi connectivity index (χ0n) is 46.0. The fraction of sp³-hybridized carbons (Fsp3) is 0.823. The molecule has 6 atom stereocenters. The molecule has 0 amide bonds. The van der Waals surface area contributed by atoms with Crippen LogP contribution < -0.4 is 0 Å². The van der Waals surface area contributed by atoms with Crippen molar-refractivity contribution >= 4 is 5.97 Å². The van der Waals surface area contributed by atoms with Gasteiger partial charge in [-0.1, -0.05) is 261 Å². The summed E-state index contributed by atoms with van der Waals surface area (Å²) in [6.45, 7) is 4.49. The summed E-state index contributed by atoms with van der Waals surface area (Å²) in [6.07, 6.45) is 62.7. The van der Waals surface area contributed by atoms with Crippen molar-refractivity contribution in [1.29, 1.82) is 0 Å². The molecule has 0 aromatic heterocycles. The maximum atomic E-state index is 12.9. The third kappa shape index (κ3) is 42.9. The van der Waals surface area contributed by atoms with Crippen LogP contribution in [0.5, 0.6) is 0 Å². The summed E-state index contributed by atoms with van der Waals surface area (Å²) in [5.74, 6) is -0.317. The van der Waals surface area contributed by atoms with E-state index < -0.39 is 43.4 Å². The van der Waals surface area contributed by atoms with Gasteiger partial charge in [0.25, 0.3) is 0 Å². The molecule has 414 valence electrons. The first-order valence-corrected chi connectivity index (χ1v) is 29.9. The predicted octanol–water partition coefficient (Wildman–Crippen LogP) is 15.8. The Morgan fingerprint density at radius 3 is 1.30 bits per heavy atom. The largest absolute Gasteiger partial charge is 0.457 e. The van der Waals surface area contributed by atoms with E-state index in [0.29, 0.717) is 13.0 Å². The summed E-state index contributed by atoms with van der Waals surface area (Å²) in [7, 11) is 0. The summed E-state index contributed by atoms with van der Waals surface area (Å²) < 4.78 is 23.0. The van der Waals surface area contributed by atoms with Crippen molar-refractivity contribution in [3.8, 4) is 0 Å². The monoisotopic (exact) mass is 1000 g/mol. The van der Waals surface area contributed by atoms with E-state index in [-0.39, 0.29) is 19.2 Å². The number of allylic oxidation sites excluding steroid dienone is 10. The average molecular weight is 1000 g/mol. The number of carbonyl (C=O) groups excluding carboxylic acids is 1. The van der Waals surface area contributed by atoms with Gasteiger partial charge in [-0.25, -0.2) is 0 Å². The Hall–Kier alpha value is -2.11. The third-order valence-electron chi connectivity index (χ3n) is 13.7. The molecule has 0 radical (unpaired) electrons. The number of unbranched alkanes of at least 4 members (excludes halogenated alkanes) is 31. The van der Waals surface area contributed by atoms with Gasteiger partial charge < -0.3 is 39.4 Å². The van der Waals surface area contributed by atoms with E-state index in [0.717, 1.165) is 70.6 Å². The molecule has 1 saturated heterocycles. The van der Waals surface area contributed by atoms with E-state index in [1.54, 1.807) is 0 Å². The molecule has 0 aliphatic carbocycles. The minimum Gasteiger partial charge on any atom is -0.457 e. The zero-order valence-corrected chi connectivity index (χ0v) is 46.0. The fourth-order valence-electron chi connectivity index (χ4n) is 9.11. The van der Waals surface area contributed by atoms with Crippen LogP contribution in [0.1, 0.15) is 264 Å². The Balaban J connectivity index is 2.14. The minimum atomic E-state index is -1.54. The van der Waals surface area contributed by atoms with Crippen LogP contribution >= 0.6 is 0 Å². The summed E-state index contributed by atoms with van der Waals surface area (Å²) in [4.78, 5) is 12.9. The summed E-state index contributed by atoms with van der Waals surface area (Å²) in [5, 5.41) is 40.4. The van der Waals surface area contributed by atoms with E-state index in [1.807, 2.05) is 0 Å². The van der Waals surface area contributed by atoms with Gasteiger partial charge in [0.2, 0.25) is 0 Å². The highest BCUT2D eigenvalue weighted by molar-refractivity contribution is 5.69. The van der Waals surface area contributed by atoms with Crippen LogP contribution in [-0.4, -0.2) is 89.6 Å². The molecule has 0 aromatic rings. The number of esters is 1. The van der Waals surface area contributed by atoms with E-state index >= 15 is 0 Å². The number of hydrogen-bond acceptors (Lipinski definition) is 9. The van der Waals surface area contributed by atoms with Gasteiger partial charge in [-0.3, -0.25) is 4.79 Å². The van der Waals surface area contributed by atoms with Crippen LogP contribution in [0.2, 0.25) is 0 Å². The fourth-order valence-corrected chi connectivity index (χ4v) is 9.11. The van der Waals surface area contributed by atoms with Gasteiger partial charge in [0.05, 0.1) is 19.8 Å². The lowest BCUT2D eigenvalue weighted by Gasteiger charge is -2.39. The highest BCUT2D eigenvalue weighted by atomic mass is 16.7. The van der Waals surface area contributed by atoms with Crippen molar-refractivity contribution in [2.75, 3.05) is 26.4 Å².